The molecule has 0 bridgehead atoms. The van der Waals surface area contributed by atoms with Crippen LogP contribution in [-0.4, -0.2) is 6.61 Å². The van der Waals surface area contributed by atoms with E-state index in [0.29, 0.717) is 18.0 Å². The maximum atomic E-state index is 6.02. The number of rotatable bonds is 7. The number of aryl methyl sites for hydroxylation is 1. The summed E-state index contributed by atoms with van der Waals surface area (Å²) in [5.41, 5.74) is 16.1. The van der Waals surface area contributed by atoms with Gasteiger partial charge in [0.05, 0.1) is 23.7 Å². The molecule has 3 rings (SSSR count). The van der Waals surface area contributed by atoms with Crippen molar-refractivity contribution in [3.8, 4) is 5.75 Å². The van der Waals surface area contributed by atoms with Crippen LogP contribution in [0.5, 0.6) is 5.75 Å². The van der Waals surface area contributed by atoms with Gasteiger partial charge in [0.25, 0.3) is 0 Å². The molecule has 3 aromatic carbocycles. The first kappa shape index (κ1) is 16.7. The van der Waals surface area contributed by atoms with Gasteiger partial charge in [-0.25, -0.2) is 0 Å². The Kier molecular flexibility index (Phi) is 5.42. The monoisotopic (exact) mass is 333 g/mol. The van der Waals surface area contributed by atoms with Gasteiger partial charge in [0.1, 0.15) is 5.75 Å². The van der Waals surface area contributed by atoms with Crippen molar-refractivity contribution < 1.29 is 4.74 Å². The second kappa shape index (κ2) is 8.11. The van der Waals surface area contributed by atoms with Crippen LogP contribution < -0.4 is 21.5 Å². The van der Waals surface area contributed by atoms with Crippen LogP contribution in [0.15, 0.2) is 72.8 Å². The van der Waals surface area contributed by atoms with Crippen molar-refractivity contribution in [1.82, 2.24) is 0 Å². The van der Waals surface area contributed by atoms with Crippen molar-refractivity contribution in [3.63, 3.8) is 0 Å². The van der Waals surface area contributed by atoms with Crippen molar-refractivity contribution in [2.75, 3.05) is 23.4 Å². The van der Waals surface area contributed by atoms with E-state index in [2.05, 4.69) is 29.6 Å². The average molecular weight is 333 g/mol. The van der Waals surface area contributed by atoms with Crippen LogP contribution in [0.3, 0.4) is 0 Å². The Morgan fingerprint density at radius 3 is 2.36 bits per heavy atom. The summed E-state index contributed by atoms with van der Waals surface area (Å²) in [4.78, 5) is 0. The zero-order valence-electron chi connectivity index (χ0n) is 14.1. The number of nitrogens with one attached hydrogen (secondary N) is 1. The van der Waals surface area contributed by atoms with E-state index in [0.717, 1.165) is 30.0 Å². The fourth-order valence-corrected chi connectivity index (χ4v) is 2.64. The molecule has 0 spiro atoms. The van der Waals surface area contributed by atoms with Crippen LogP contribution in [0.4, 0.5) is 22.7 Å². The van der Waals surface area contributed by atoms with Gasteiger partial charge in [-0.2, -0.15) is 0 Å². The minimum absolute atomic E-state index is 0.610. The molecule has 0 amide bonds. The molecule has 0 saturated heterocycles. The van der Waals surface area contributed by atoms with Crippen molar-refractivity contribution in [2.45, 2.75) is 12.8 Å². The Bertz CT molecular complexity index is 818. The molecule has 5 N–H and O–H groups in total. The molecule has 0 aliphatic rings. The summed E-state index contributed by atoms with van der Waals surface area (Å²) in [7, 11) is 0. The highest BCUT2D eigenvalue weighted by Crippen LogP contribution is 2.31. The van der Waals surface area contributed by atoms with Gasteiger partial charge in [0.15, 0.2) is 0 Å². The Morgan fingerprint density at radius 1 is 0.800 bits per heavy atom. The number of nitrogens with two attached hydrogens (primary N) is 2. The third kappa shape index (κ3) is 4.67. The Hall–Kier alpha value is -3.14. The summed E-state index contributed by atoms with van der Waals surface area (Å²) < 4.78 is 5.97. The predicted molar refractivity (Wildman–Crippen MR) is 105 cm³/mol. The number of nitrogen functional groups attached to an aromatic ring is 2. The van der Waals surface area contributed by atoms with Crippen LogP contribution in [0, 0.1) is 0 Å². The maximum absolute atomic E-state index is 6.02. The Labute approximate surface area is 148 Å². The minimum atomic E-state index is 0.610. The van der Waals surface area contributed by atoms with Gasteiger partial charge in [0.2, 0.25) is 0 Å². The lowest BCUT2D eigenvalue weighted by Crippen LogP contribution is -2.03. The number of ether oxygens (including phenoxy) is 1. The first-order valence-corrected chi connectivity index (χ1v) is 8.40. The largest absolute Gasteiger partial charge is 0.491 e. The Balaban J connectivity index is 1.60. The molecule has 0 aromatic heterocycles. The molecule has 0 unspecified atom stereocenters. The second-order valence-corrected chi connectivity index (χ2v) is 5.91. The third-order valence-corrected chi connectivity index (χ3v) is 3.94. The molecule has 0 fully saturated rings. The highest BCUT2D eigenvalue weighted by molar-refractivity contribution is 5.77. The summed E-state index contributed by atoms with van der Waals surface area (Å²) in [5.74, 6) is 0.812. The van der Waals surface area contributed by atoms with E-state index in [-0.39, 0.29) is 0 Å². The first-order chi connectivity index (χ1) is 12.2. The van der Waals surface area contributed by atoms with Gasteiger partial charge in [-0.05, 0) is 48.7 Å². The van der Waals surface area contributed by atoms with Gasteiger partial charge < -0.3 is 21.5 Å². The predicted octanol–water partition coefficient (Wildman–Crippen LogP) is 4.61. The number of para-hydroxylation sites is 2. The van der Waals surface area contributed by atoms with Crippen LogP contribution >= 0.6 is 0 Å². The molecule has 0 aliphatic heterocycles. The Morgan fingerprint density at radius 2 is 1.56 bits per heavy atom. The standard InChI is InChI=1S/C21H23N3O/c22-17-12-13-19(18(23)15-17)24-20-10-4-5-11-21(20)25-14-6-9-16-7-2-1-3-8-16/h1-5,7-8,10-13,15,24H,6,9,14,22-23H2. The molecule has 0 radical (unpaired) electrons. The second-order valence-electron chi connectivity index (χ2n) is 5.91. The van der Waals surface area contributed by atoms with Gasteiger partial charge in [-0.3, -0.25) is 0 Å². The lowest BCUT2D eigenvalue weighted by molar-refractivity contribution is 0.312. The summed E-state index contributed by atoms with van der Waals surface area (Å²) in [5, 5.41) is 3.32. The van der Waals surface area contributed by atoms with Crippen molar-refractivity contribution in [1.29, 1.82) is 0 Å². The average Bonchev–Trinajstić information content (AvgIpc) is 2.63. The number of hydrogen-bond acceptors (Lipinski definition) is 4. The maximum Gasteiger partial charge on any atom is 0.142 e. The summed E-state index contributed by atoms with van der Waals surface area (Å²) in [6, 6.07) is 23.7. The van der Waals surface area contributed by atoms with Crippen molar-refractivity contribution in [3.05, 3.63) is 78.4 Å². The smallest absolute Gasteiger partial charge is 0.142 e. The molecular formula is C21H23N3O. The van der Waals surface area contributed by atoms with E-state index in [1.165, 1.54) is 5.56 Å². The van der Waals surface area contributed by atoms with Crippen LogP contribution in [0.25, 0.3) is 0 Å². The molecule has 128 valence electrons. The molecule has 25 heavy (non-hydrogen) atoms. The van der Waals surface area contributed by atoms with Crippen molar-refractivity contribution in [2.24, 2.45) is 0 Å². The summed E-state index contributed by atoms with van der Waals surface area (Å²) in [6.07, 6.45) is 1.96. The van der Waals surface area contributed by atoms with E-state index in [1.54, 1.807) is 6.07 Å². The molecule has 0 aliphatic carbocycles. The fourth-order valence-electron chi connectivity index (χ4n) is 2.64. The van der Waals surface area contributed by atoms with E-state index >= 15 is 0 Å². The van der Waals surface area contributed by atoms with Gasteiger partial charge >= 0.3 is 0 Å². The fraction of sp³-hybridized carbons (Fsp3) is 0.143. The van der Waals surface area contributed by atoms with Crippen LogP contribution in [0.2, 0.25) is 0 Å². The van der Waals surface area contributed by atoms with E-state index < -0.39 is 0 Å². The third-order valence-electron chi connectivity index (χ3n) is 3.94. The van der Waals surface area contributed by atoms with Gasteiger partial charge in [0, 0.05) is 5.69 Å². The first-order valence-electron chi connectivity index (χ1n) is 8.40. The SMILES string of the molecule is Nc1ccc(Nc2ccccc2OCCCc2ccccc2)c(N)c1. The van der Waals surface area contributed by atoms with Crippen LogP contribution in [0.1, 0.15) is 12.0 Å². The number of anilines is 4. The van der Waals surface area contributed by atoms with E-state index in [9.17, 15) is 0 Å². The number of benzene rings is 3. The minimum Gasteiger partial charge on any atom is -0.491 e. The lowest BCUT2D eigenvalue weighted by atomic mass is 10.1. The van der Waals surface area contributed by atoms with E-state index in [1.807, 2.05) is 42.5 Å². The zero-order chi connectivity index (χ0) is 17.5. The number of hydrogen-bond donors (Lipinski definition) is 3. The normalized spacial score (nSPS) is 10.4. The molecule has 0 heterocycles. The van der Waals surface area contributed by atoms with Crippen molar-refractivity contribution >= 4 is 22.7 Å². The quantitative estimate of drug-likeness (QED) is 0.436. The molecule has 4 nitrogen and oxygen atoms in total. The lowest BCUT2D eigenvalue weighted by Gasteiger charge is -2.15. The molecule has 0 atom stereocenters. The molecule has 4 heteroatoms. The summed E-state index contributed by atoms with van der Waals surface area (Å²) >= 11 is 0. The van der Waals surface area contributed by atoms with Crippen LogP contribution in [-0.2, 0) is 6.42 Å². The van der Waals surface area contributed by atoms with Gasteiger partial charge in [-0.1, -0.05) is 42.5 Å². The highest BCUT2D eigenvalue weighted by Gasteiger charge is 2.06. The molecular weight excluding hydrogens is 310 g/mol. The highest BCUT2D eigenvalue weighted by atomic mass is 16.5. The summed E-state index contributed by atoms with van der Waals surface area (Å²) in [6.45, 7) is 0.658. The van der Waals surface area contributed by atoms with E-state index in [4.69, 9.17) is 16.2 Å². The van der Waals surface area contributed by atoms with Gasteiger partial charge in [-0.15, -0.1) is 0 Å². The molecule has 0 saturated carbocycles. The zero-order valence-corrected chi connectivity index (χ0v) is 14.1. The topological polar surface area (TPSA) is 73.3 Å². The molecule has 3 aromatic rings.